The van der Waals surface area contributed by atoms with E-state index in [0.717, 1.165) is 22.5 Å². The van der Waals surface area contributed by atoms with E-state index in [4.69, 9.17) is 4.42 Å². The summed E-state index contributed by atoms with van der Waals surface area (Å²) >= 11 is 0. The lowest BCUT2D eigenvalue weighted by atomic mass is 9.84. The van der Waals surface area contributed by atoms with Crippen LogP contribution >= 0.6 is 0 Å². The second-order valence-electron chi connectivity index (χ2n) is 30.9. The Morgan fingerprint density at radius 2 is 0.755 bits per heavy atom. The van der Waals surface area contributed by atoms with E-state index in [9.17, 15) is 0 Å². The van der Waals surface area contributed by atoms with Crippen LogP contribution in [0.4, 0.5) is 0 Å². The molecular formula is C99H110N10O. The lowest BCUT2D eigenvalue weighted by Gasteiger charge is -2.20. The van der Waals surface area contributed by atoms with Crippen molar-refractivity contribution in [2.24, 2.45) is 56.4 Å². The zero-order valence-electron chi connectivity index (χ0n) is 69.1. The predicted molar refractivity (Wildman–Crippen MR) is 471 cm³/mol. The topological polar surface area (TPSA) is 69.9 Å². The average Bonchev–Trinajstić information content (AvgIpc) is 1.58. The molecule has 0 radical (unpaired) electrons. The second-order valence-corrected chi connectivity index (χ2v) is 30.9. The Labute approximate surface area is 649 Å². The number of aryl methyl sites for hydroxylation is 12. The van der Waals surface area contributed by atoms with E-state index in [1.165, 1.54) is 172 Å². The largest absolute Gasteiger partial charge is 0.454 e. The molecule has 0 aliphatic carbocycles. The van der Waals surface area contributed by atoms with Crippen molar-refractivity contribution < 1.29 is 4.42 Å². The molecule has 9 aromatic carbocycles. The number of fused-ring (bicyclic) bond motifs is 13. The van der Waals surface area contributed by atoms with Crippen molar-refractivity contribution in [1.82, 2.24) is 45.9 Å². The molecular weight excluding hydrogens is 1350 g/mol. The van der Waals surface area contributed by atoms with Crippen LogP contribution in [0.5, 0.6) is 0 Å². The van der Waals surface area contributed by atoms with Crippen molar-refractivity contribution >= 4 is 104 Å². The number of hydrogen-bond donors (Lipinski definition) is 0. The monoisotopic (exact) mass is 1450 g/mol. The summed E-state index contributed by atoms with van der Waals surface area (Å²) < 4.78 is 25.9. The van der Waals surface area contributed by atoms with E-state index in [0.29, 0.717) is 17.8 Å². The highest BCUT2D eigenvalue weighted by Gasteiger charge is 2.23. The molecule has 10 heterocycles. The maximum Gasteiger partial charge on any atom is 0.214 e. The van der Waals surface area contributed by atoms with E-state index >= 15 is 0 Å². The van der Waals surface area contributed by atoms with Gasteiger partial charge in [-0.2, -0.15) is 0 Å². The highest BCUT2D eigenvalue weighted by molar-refractivity contribution is 6.10. The lowest BCUT2D eigenvalue weighted by molar-refractivity contribution is 0.659. The van der Waals surface area contributed by atoms with Crippen LogP contribution in [0.15, 0.2) is 235 Å². The molecule has 0 unspecified atom stereocenters. The summed E-state index contributed by atoms with van der Waals surface area (Å²) in [6.45, 7) is 33.2. The normalized spacial score (nSPS) is 11.5. The van der Waals surface area contributed by atoms with Gasteiger partial charge in [0.05, 0.1) is 22.2 Å². The molecule has 562 valence electrons. The number of rotatable bonds is 5. The Kier molecular flexibility index (Phi) is 21.9. The van der Waals surface area contributed by atoms with Gasteiger partial charge in [-0.05, 0) is 162 Å². The maximum absolute atomic E-state index is 5.86. The van der Waals surface area contributed by atoms with Crippen LogP contribution in [0.2, 0.25) is 0 Å². The number of aromatic nitrogens is 10. The van der Waals surface area contributed by atoms with E-state index in [1.807, 2.05) is 37.4 Å². The van der Waals surface area contributed by atoms with Crippen LogP contribution in [0.1, 0.15) is 127 Å². The van der Waals surface area contributed by atoms with Gasteiger partial charge in [-0.15, -0.1) is 0 Å². The van der Waals surface area contributed by atoms with E-state index in [-0.39, 0.29) is 0 Å². The lowest BCUT2D eigenvalue weighted by Crippen LogP contribution is -2.01. The average molecular weight is 1460 g/mol. The van der Waals surface area contributed by atoms with Gasteiger partial charge >= 0.3 is 0 Å². The van der Waals surface area contributed by atoms with Crippen LogP contribution < -0.4 is 0 Å². The molecule has 110 heavy (non-hydrogen) atoms. The molecule has 0 spiro atoms. The van der Waals surface area contributed by atoms with E-state index < -0.39 is 0 Å². The molecule has 11 heteroatoms. The van der Waals surface area contributed by atoms with Gasteiger partial charge in [-0.25, -0.2) is 4.98 Å². The second kappa shape index (κ2) is 31.5. The van der Waals surface area contributed by atoms with Gasteiger partial charge in [0.25, 0.3) is 0 Å². The number of hydrogen-bond acceptors (Lipinski definition) is 2. The summed E-state index contributed by atoms with van der Waals surface area (Å²) in [5.74, 6) is 2.63. The first-order valence-electron chi connectivity index (χ1n) is 38.9. The molecule has 0 bridgehead atoms. The molecule has 19 aromatic rings. The molecule has 0 aliphatic rings. The Hall–Kier alpha value is -11.7. The molecule has 0 fully saturated rings. The fourth-order valence-corrected chi connectivity index (χ4v) is 16.7. The summed E-state index contributed by atoms with van der Waals surface area (Å²) in [5.41, 5.74) is 33.9. The van der Waals surface area contributed by atoms with Crippen LogP contribution in [-0.2, 0) is 56.4 Å². The highest BCUT2D eigenvalue weighted by atomic mass is 16.3. The molecule has 0 atom stereocenters. The van der Waals surface area contributed by atoms with Gasteiger partial charge in [0.1, 0.15) is 5.58 Å². The summed E-state index contributed by atoms with van der Waals surface area (Å²) in [4.78, 5) is 4.56. The third-order valence-corrected chi connectivity index (χ3v) is 23.6. The summed E-state index contributed by atoms with van der Waals surface area (Å²) in [5, 5.41) is 10.6. The van der Waals surface area contributed by atoms with Crippen LogP contribution in [0, 0.1) is 62.3 Å². The smallest absolute Gasteiger partial charge is 0.214 e. The van der Waals surface area contributed by atoms with Gasteiger partial charge in [-0.1, -0.05) is 211 Å². The maximum atomic E-state index is 5.86. The minimum Gasteiger partial charge on any atom is -0.454 e. The van der Waals surface area contributed by atoms with E-state index in [2.05, 4.69) is 400 Å². The summed E-state index contributed by atoms with van der Waals surface area (Å²) in [6, 6.07) is 76.9. The van der Waals surface area contributed by atoms with Crippen molar-refractivity contribution in [2.45, 2.75) is 122 Å². The van der Waals surface area contributed by atoms with Crippen molar-refractivity contribution in [1.29, 1.82) is 0 Å². The number of nitrogens with zero attached hydrogens (tertiary/aromatic N) is 10. The summed E-state index contributed by atoms with van der Waals surface area (Å²) in [7, 11) is 16.9. The number of benzene rings is 9. The predicted octanol–water partition coefficient (Wildman–Crippen LogP) is 25.6. The number of furan rings is 1. The Morgan fingerprint density at radius 1 is 0.309 bits per heavy atom. The molecule has 0 amide bonds. The van der Waals surface area contributed by atoms with Gasteiger partial charge in [0, 0.05) is 190 Å². The highest BCUT2D eigenvalue weighted by Crippen LogP contribution is 2.43. The first-order valence-corrected chi connectivity index (χ1v) is 38.9. The van der Waals surface area contributed by atoms with Crippen LogP contribution in [0.3, 0.4) is 0 Å². The van der Waals surface area contributed by atoms with Crippen molar-refractivity contribution in [2.75, 3.05) is 0 Å². The van der Waals surface area contributed by atoms with Crippen molar-refractivity contribution in [3.63, 3.8) is 0 Å². The SMILES string of the molecule is Cc1c(-c2c(C(C)C)cccc2C(C)C)c2ccccc2n1C.Cc1c(-c2ccccc2)c2ccccc2n1C.Cc1c(C(C)C)c2ccccc2n1C.Cc1c(C)n(C)c2ccccc12.Cc1c2c(cn1C)c1ccccc1n2C.Cc1c2oc3ccccc3c2c(C)n1C.Cc1cn2c3ccccc3nc2n1C. The zero-order valence-corrected chi connectivity index (χ0v) is 69.1. The quantitative estimate of drug-likeness (QED) is 0.172. The molecule has 10 aromatic heterocycles. The van der Waals surface area contributed by atoms with Crippen molar-refractivity contribution in [3.05, 3.63) is 299 Å². The first-order chi connectivity index (χ1) is 52.7. The third-order valence-electron chi connectivity index (χ3n) is 23.6. The van der Waals surface area contributed by atoms with Gasteiger partial charge in [-0.3, -0.25) is 4.40 Å². The Bertz CT molecular complexity index is 6470. The zero-order chi connectivity index (χ0) is 78.4. The fraction of sp³-hybridized carbons (Fsp3) is 0.263. The molecule has 0 saturated carbocycles. The molecule has 0 N–H and O–H groups in total. The molecule has 19 rings (SSSR count). The standard InChI is InChI=1S/C22H27N.C16H15N.C13H14N2.C13H13NO.C13H17N.C11H11N3.C11H13N/c1-14(2)17-11-9-12-18(15(3)4)22(17)21-16(5)23(6)20-13-8-7-10-19(20)21;1-12-16(13-8-4-3-5-9-13)14-10-6-7-11-15(14)17(12)2;1-9-13-11(8-14(9)2)10-6-4-5-7-12(10)15(13)3;1-8-12-10-6-4-5-7-11(10)15-13(12)9(2)14(8)3;1-9(2)13-10(3)14(4)12-8-6-5-7-11(12)13;1-8-7-14-10-6-4-3-5-9(10)12-11(14)13(8)2;1-8-9(2)12(3)11-7-5-4-6-10(8)11/h7-15H,1-6H3;3-11H,1-2H3;4-8H,1-3H3;4-7H,1-3H3;5-9H,1-4H3;3-7H,1-2H3;4-7H,1-3H3. The third kappa shape index (κ3) is 13.9. The van der Waals surface area contributed by atoms with Crippen molar-refractivity contribution in [3.8, 4) is 22.3 Å². The minimum atomic E-state index is 0.516. The number of para-hydroxylation sites is 8. The fourth-order valence-electron chi connectivity index (χ4n) is 16.7. The van der Waals surface area contributed by atoms with Gasteiger partial charge in [0.15, 0.2) is 5.58 Å². The van der Waals surface area contributed by atoms with Gasteiger partial charge in [0.2, 0.25) is 5.78 Å². The molecule has 11 nitrogen and oxygen atoms in total. The first kappa shape index (κ1) is 76.5. The molecule has 0 saturated heterocycles. The van der Waals surface area contributed by atoms with Gasteiger partial charge < -0.3 is 41.0 Å². The minimum absolute atomic E-state index is 0.516. The van der Waals surface area contributed by atoms with Crippen LogP contribution in [0.25, 0.3) is 126 Å². The summed E-state index contributed by atoms with van der Waals surface area (Å²) in [6.07, 6.45) is 4.33. The van der Waals surface area contributed by atoms with E-state index in [1.54, 1.807) is 0 Å². The molecule has 0 aliphatic heterocycles. The number of imidazole rings is 2. The Balaban J connectivity index is 0.000000114. The Morgan fingerprint density at radius 3 is 1.32 bits per heavy atom. The van der Waals surface area contributed by atoms with Crippen LogP contribution in [-0.4, -0.2) is 45.9 Å².